The summed E-state index contributed by atoms with van der Waals surface area (Å²) in [6.07, 6.45) is 9.29. The largest absolute Gasteiger partial charge is 0.376 e. The summed E-state index contributed by atoms with van der Waals surface area (Å²) in [6.45, 7) is 8.83. The fourth-order valence-corrected chi connectivity index (χ4v) is 7.46. The van der Waals surface area contributed by atoms with Crippen molar-refractivity contribution in [2.24, 2.45) is 0 Å². The Bertz CT molecular complexity index is 2020. The minimum Gasteiger partial charge on any atom is -0.376 e. The molecular formula is C39H37ClN2. The molecule has 42 heavy (non-hydrogen) atoms. The number of hydrogen-bond acceptors (Lipinski definition) is 1. The molecule has 6 aromatic rings. The number of para-hydroxylation sites is 1. The van der Waals surface area contributed by atoms with Gasteiger partial charge in [-0.25, -0.2) is 0 Å². The molecule has 8 rings (SSSR count). The van der Waals surface area contributed by atoms with Crippen molar-refractivity contribution in [3.05, 3.63) is 118 Å². The van der Waals surface area contributed by atoms with E-state index in [1.54, 1.807) is 0 Å². The first-order chi connectivity index (χ1) is 20.3. The Balaban J connectivity index is 0.000000139. The van der Waals surface area contributed by atoms with Crippen molar-refractivity contribution in [3.63, 3.8) is 0 Å². The van der Waals surface area contributed by atoms with Gasteiger partial charge in [-0.2, -0.15) is 0 Å². The van der Waals surface area contributed by atoms with Crippen molar-refractivity contribution in [2.75, 3.05) is 5.32 Å². The molecule has 0 saturated carbocycles. The zero-order valence-corrected chi connectivity index (χ0v) is 25.6. The van der Waals surface area contributed by atoms with E-state index in [1.165, 1.54) is 103 Å². The quantitative estimate of drug-likeness (QED) is 0.190. The van der Waals surface area contributed by atoms with Crippen molar-refractivity contribution < 1.29 is 0 Å². The van der Waals surface area contributed by atoms with E-state index in [1.807, 2.05) is 6.20 Å². The summed E-state index contributed by atoms with van der Waals surface area (Å²) >= 11 is 6.57. The first kappa shape index (κ1) is 26.9. The van der Waals surface area contributed by atoms with Gasteiger partial charge in [-0.15, -0.1) is 0 Å². The van der Waals surface area contributed by atoms with E-state index in [9.17, 15) is 0 Å². The zero-order valence-electron chi connectivity index (χ0n) is 24.9. The summed E-state index contributed by atoms with van der Waals surface area (Å²) in [5.74, 6) is 0. The number of fused-ring (bicyclic) bond motifs is 7. The maximum atomic E-state index is 6.57. The number of halogens is 1. The van der Waals surface area contributed by atoms with Crippen molar-refractivity contribution in [1.82, 2.24) is 4.98 Å². The van der Waals surface area contributed by atoms with Crippen LogP contribution in [-0.4, -0.2) is 10.5 Å². The van der Waals surface area contributed by atoms with E-state index >= 15 is 0 Å². The van der Waals surface area contributed by atoms with Crippen molar-refractivity contribution in [3.8, 4) is 11.1 Å². The van der Waals surface area contributed by atoms with Crippen LogP contribution in [0.2, 0.25) is 5.02 Å². The van der Waals surface area contributed by atoms with E-state index in [4.69, 9.17) is 11.6 Å². The number of H-pyrrole nitrogens is 1. The first-order valence-electron chi connectivity index (χ1n) is 15.1. The second kappa shape index (κ2) is 10.4. The maximum absolute atomic E-state index is 6.57. The van der Waals surface area contributed by atoms with E-state index in [-0.39, 0.29) is 5.54 Å². The standard InChI is InChI=1S/C21H22N2.C18H15Cl/c1-13-10-16(17-7-5-6-15-8-9-22-20(15)17)11-18-14(2)12-21(3,4)23-19(13)18;19-17-11-13-6-2-3-7-14(13)16-10-9-12-5-1-4-8-15(12)18(16)17/h5-12,22-23H,1-4H3;2-3,6-7,9-11H,1,4-5,8H2. The lowest BCUT2D eigenvalue weighted by Crippen LogP contribution is -2.32. The average Bonchev–Trinajstić information content (AvgIpc) is 3.47. The molecule has 0 unspecified atom stereocenters. The highest BCUT2D eigenvalue weighted by atomic mass is 35.5. The third kappa shape index (κ3) is 4.68. The minimum absolute atomic E-state index is 0.00281. The summed E-state index contributed by atoms with van der Waals surface area (Å²) in [6, 6.07) is 28.4. The normalized spacial score (nSPS) is 15.4. The molecule has 0 radical (unpaired) electrons. The number of allylic oxidation sites excluding steroid dienone is 1. The van der Waals surface area contributed by atoms with Crippen LogP contribution >= 0.6 is 11.6 Å². The Morgan fingerprint density at radius 1 is 0.762 bits per heavy atom. The molecule has 2 nitrogen and oxygen atoms in total. The van der Waals surface area contributed by atoms with Gasteiger partial charge < -0.3 is 10.3 Å². The fraction of sp³-hybridized carbons (Fsp3) is 0.231. The molecule has 5 aromatic carbocycles. The molecule has 0 saturated heterocycles. The molecule has 3 heteroatoms. The SMILES string of the molecule is CC1=CC(C)(C)Nc2c(C)cc(-c3cccc4cc[nH]c34)cc21.Clc1cc2ccccc2c2ccc3c(c12)CCCC3. The van der Waals surface area contributed by atoms with Crippen molar-refractivity contribution >= 4 is 55.3 Å². The molecule has 210 valence electrons. The Labute approximate surface area is 253 Å². The van der Waals surface area contributed by atoms with Crippen LogP contribution in [0.5, 0.6) is 0 Å². The number of nitrogens with one attached hydrogen (secondary N) is 2. The molecule has 1 aliphatic carbocycles. The third-order valence-corrected chi connectivity index (χ3v) is 9.29. The number of rotatable bonds is 1. The first-order valence-corrected chi connectivity index (χ1v) is 15.5. The third-order valence-electron chi connectivity index (χ3n) is 8.99. The predicted molar refractivity (Wildman–Crippen MR) is 183 cm³/mol. The van der Waals surface area contributed by atoms with Gasteiger partial charge in [0.2, 0.25) is 0 Å². The second-order valence-electron chi connectivity index (χ2n) is 12.5. The van der Waals surface area contributed by atoms with Gasteiger partial charge in [-0.3, -0.25) is 0 Å². The maximum Gasteiger partial charge on any atom is 0.0533 e. The highest BCUT2D eigenvalue weighted by molar-refractivity contribution is 6.38. The van der Waals surface area contributed by atoms with Gasteiger partial charge in [0.05, 0.1) is 11.1 Å². The Hall–Kier alpha value is -4.01. The zero-order chi connectivity index (χ0) is 29.0. The lowest BCUT2D eigenvalue weighted by atomic mass is 9.86. The van der Waals surface area contributed by atoms with Gasteiger partial charge in [0.25, 0.3) is 0 Å². The summed E-state index contributed by atoms with van der Waals surface area (Å²) in [5.41, 5.74) is 11.9. The molecule has 2 heterocycles. The van der Waals surface area contributed by atoms with Gasteiger partial charge >= 0.3 is 0 Å². The van der Waals surface area contributed by atoms with Crippen molar-refractivity contribution in [1.29, 1.82) is 0 Å². The summed E-state index contributed by atoms with van der Waals surface area (Å²) in [7, 11) is 0. The summed E-state index contributed by atoms with van der Waals surface area (Å²) < 4.78 is 0. The monoisotopic (exact) mass is 568 g/mol. The molecular weight excluding hydrogens is 532 g/mol. The van der Waals surface area contributed by atoms with Crippen LogP contribution in [0.1, 0.15) is 55.9 Å². The van der Waals surface area contributed by atoms with E-state index in [0.29, 0.717) is 0 Å². The number of aromatic nitrogens is 1. The predicted octanol–water partition coefficient (Wildman–Crippen LogP) is 11.3. The lowest BCUT2D eigenvalue weighted by Gasteiger charge is -2.33. The number of anilines is 1. The molecule has 0 spiro atoms. The van der Waals surface area contributed by atoms with Gasteiger partial charge in [0.1, 0.15) is 0 Å². The highest BCUT2D eigenvalue weighted by Crippen LogP contribution is 2.40. The average molecular weight is 569 g/mol. The molecule has 2 N–H and O–H groups in total. The number of hydrogen-bond donors (Lipinski definition) is 2. The molecule has 0 atom stereocenters. The van der Waals surface area contributed by atoms with Crippen LogP contribution in [0.25, 0.3) is 49.1 Å². The van der Waals surface area contributed by atoms with E-state index in [0.717, 1.165) is 5.02 Å². The number of aryl methyl sites for hydroxylation is 3. The smallest absolute Gasteiger partial charge is 0.0533 e. The van der Waals surface area contributed by atoms with Gasteiger partial charge in [0, 0.05) is 33.4 Å². The van der Waals surface area contributed by atoms with Crippen LogP contribution < -0.4 is 5.32 Å². The van der Waals surface area contributed by atoms with Crippen molar-refractivity contribution in [2.45, 2.75) is 58.9 Å². The van der Waals surface area contributed by atoms with E-state index < -0.39 is 0 Å². The van der Waals surface area contributed by atoms with Crippen LogP contribution in [0.3, 0.4) is 0 Å². The molecule has 0 bridgehead atoms. The van der Waals surface area contributed by atoms with Crippen LogP contribution in [0, 0.1) is 6.92 Å². The van der Waals surface area contributed by atoms with Gasteiger partial charge in [-0.05, 0) is 127 Å². The molecule has 2 aliphatic rings. The Kier molecular flexibility index (Phi) is 6.63. The minimum atomic E-state index is 0.00281. The van der Waals surface area contributed by atoms with Crippen LogP contribution in [0.4, 0.5) is 5.69 Å². The topological polar surface area (TPSA) is 27.8 Å². The van der Waals surface area contributed by atoms with Gasteiger partial charge in [-0.1, -0.05) is 72.3 Å². The van der Waals surface area contributed by atoms with Gasteiger partial charge in [0.15, 0.2) is 0 Å². The van der Waals surface area contributed by atoms with E-state index in [2.05, 4.69) is 123 Å². The fourth-order valence-electron chi connectivity index (χ4n) is 7.12. The Morgan fingerprint density at radius 2 is 1.57 bits per heavy atom. The Morgan fingerprint density at radius 3 is 2.45 bits per heavy atom. The molecule has 1 aromatic heterocycles. The summed E-state index contributed by atoms with van der Waals surface area (Å²) in [4.78, 5) is 3.38. The second-order valence-corrected chi connectivity index (χ2v) is 13.0. The summed E-state index contributed by atoms with van der Waals surface area (Å²) in [5, 5.41) is 11.0. The highest BCUT2D eigenvalue weighted by Gasteiger charge is 2.24. The molecule has 1 aliphatic heterocycles. The van der Waals surface area contributed by atoms with Crippen LogP contribution in [0.15, 0.2) is 91.1 Å². The molecule has 0 amide bonds. The number of aromatic amines is 1. The number of benzene rings is 5. The molecule has 0 fully saturated rings. The van der Waals surface area contributed by atoms with Crippen LogP contribution in [-0.2, 0) is 12.8 Å². The lowest BCUT2D eigenvalue weighted by molar-refractivity contribution is 0.690.